The highest BCUT2D eigenvalue weighted by Gasteiger charge is 2.10. The predicted octanol–water partition coefficient (Wildman–Crippen LogP) is 0.292. The van der Waals surface area contributed by atoms with E-state index in [1.165, 1.54) is 0 Å². The van der Waals surface area contributed by atoms with E-state index in [1.54, 1.807) is 17.5 Å². The standard InChI is InChI=1S/C10H12N4O2/c1-7(9(15)16)12-5-8-6-14-4-2-3-11-10(14)13-8/h2-4,6-7,12H,5H2,1H3,(H,15,16)/t7-/m0/s1. The smallest absolute Gasteiger partial charge is 0.320 e. The number of nitrogens with zero attached hydrogens (tertiary/aromatic N) is 3. The molecule has 6 heteroatoms. The zero-order valence-corrected chi connectivity index (χ0v) is 8.79. The van der Waals surface area contributed by atoms with Gasteiger partial charge in [-0.3, -0.25) is 14.5 Å². The Labute approximate surface area is 92.0 Å². The molecular formula is C10H12N4O2. The van der Waals surface area contributed by atoms with Gasteiger partial charge in [-0.25, -0.2) is 9.97 Å². The number of carboxylic acid groups (broad SMARTS) is 1. The van der Waals surface area contributed by atoms with Crippen molar-refractivity contribution >= 4 is 11.7 Å². The van der Waals surface area contributed by atoms with Crippen molar-refractivity contribution in [2.75, 3.05) is 0 Å². The third-order valence-corrected chi connectivity index (χ3v) is 2.25. The van der Waals surface area contributed by atoms with E-state index in [0.29, 0.717) is 12.3 Å². The number of carboxylic acids is 1. The predicted molar refractivity (Wildman–Crippen MR) is 56.9 cm³/mol. The molecular weight excluding hydrogens is 208 g/mol. The number of fused-ring (bicyclic) bond motifs is 1. The van der Waals surface area contributed by atoms with Crippen LogP contribution in [0.2, 0.25) is 0 Å². The van der Waals surface area contributed by atoms with E-state index in [0.717, 1.165) is 5.69 Å². The summed E-state index contributed by atoms with van der Waals surface area (Å²) in [6.45, 7) is 2.01. The molecule has 0 fully saturated rings. The molecule has 0 amide bonds. The van der Waals surface area contributed by atoms with Gasteiger partial charge in [0.05, 0.1) is 5.69 Å². The second kappa shape index (κ2) is 4.28. The third-order valence-electron chi connectivity index (χ3n) is 2.25. The number of aliphatic carboxylic acids is 1. The van der Waals surface area contributed by atoms with Gasteiger partial charge in [0.2, 0.25) is 5.78 Å². The van der Waals surface area contributed by atoms with Crippen LogP contribution in [0.5, 0.6) is 0 Å². The van der Waals surface area contributed by atoms with Crippen molar-refractivity contribution in [3.05, 3.63) is 30.4 Å². The van der Waals surface area contributed by atoms with Gasteiger partial charge in [0.1, 0.15) is 6.04 Å². The van der Waals surface area contributed by atoms with E-state index >= 15 is 0 Å². The first-order valence-electron chi connectivity index (χ1n) is 4.91. The van der Waals surface area contributed by atoms with E-state index in [1.807, 2.05) is 18.5 Å². The van der Waals surface area contributed by atoms with Gasteiger partial charge in [0.15, 0.2) is 0 Å². The van der Waals surface area contributed by atoms with E-state index in [4.69, 9.17) is 5.11 Å². The summed E-state index contributed by atoms with van der Waals surface area (Å²) in [7, 11) is 0. The lowest BCUT2D eigenvalue weighted by Gasteiger charge is -2.06. The van der Waals surface area contributed by atoms with Crippen LogP contribution in [-0.2, 0) is 11.3 Å². The number of aromatic nitrogens is 3. The Kier molecular flexibility index (Phi) is 2.82. The van der Waals surface area contributed by atoms with E-state index in [9.17, 15) is 4.79 Å². The molecule has 2 rings (SSSR count). The molecule has 0 unspecified atom stereocenters. The lowest BCUT2D eigenvalue weighted by atomic mass is 10.3. The van der Waals surface area contributed by atoms with Gasteiger partial charge >= 0.3 is 5.97 Å². The molecule has 0 aromatic carbocycles. The zero-order chi connectivity index (χ0) is 11.5. The van der Waals surface area contributed by atoms with E-state index < -0.39 is 12.0 Å². The summed E-state index contributed by atoms with van der Waals surface area (Å²) in [6.07, 6.45) is 5.34. The molecule has 0 saturated heterocycles. The highest BCUT2D eigenvalue weighted by molar-refractivity contribution is 5.72. The van der Waals surface area contributed by atoms with Crippen molar-refractivity contribution in [3.63, 3.8) is 0 Å². The molecule has 0 aliphatic heterocycles. The number of hydrogen-bond donors (Lipinski definition) is 2. The minimum atomic E-state index is -0.873. The van der Waals surface area contributed by atoms with E-state index in [2.05, 4.69) is 15.3 Å². The number of nitrogens with one attached hydrogen (secondary N) is 1. The Balaban J connectivity index is 2.07. The van der Waals surface area contributed by atoms with Crippen LogP contribution in [0.25, 0.3) is 5.78 Å². The third kappa shape index (κ3) is 2.17. The van der Waals surface area contributed by atoms with Crippen LogP contribution in [0, 0.1) is 0 Å². The SMILES string of the molecule is C[C@H](NCc1cn2cccnc2n1)C(=O)O. The van der Waals surface area contributed by atoms with Crippen LogP contribution in [0.15, 0.2) is 24.7 Å². The summed E-state index contributed by atoms with van der Waals surface area (Å²) >= 11 is 0. The van der Waals surface area contributed by atoms with Crippen LogP contribution in [0.4, 0.5) is 0 Å². The van der Waals surface area contributed by atoms with Gasteiger partial charge in [-0.15, -0.1) is 0 Å². The largest absolute Gasteiger partial charge is 0.480 e. The van der Waals surface area contributed by atoms with Crippen LogP contribution in [0.3, 0.4) is 0 Å². The summed E-state index contributed by atoms with van der Waals surface area (Å²) in [4.78, 5) is 18.9. The monoisotopic (exact) mass is 220 g/mol. The zero-order valence-electron chi connectivity index (χ0n) is 8.79. The molecule has 2 aromatic rings. The number of hydrogen-bond acceptors (Lipinski definition) is 4. The summed E-state index contributed by atoms with van der Waals surface area (Å²) < 4.78 is 1.79. The van der Waals surface area contributed by atoms with Crippen LogP contribution >= 0.6 is 0 Å². The van der Waals surface area contributed by atoms with Crippen molar-refractivity contribution in [1.29, 1.82) is 0 Å². The Morgan fingerprint density at radius 3 is 3.19 bits per heavy atom. The molecule has 1 atom stereocenters. The van der Waals surface area contributed by atoms with Crippen LogP contribution < -0.4 is 5.32 Å². The fourth-order valence-corrected chi connectivity index (χ4v) is 1.31. The second-order valence-electron chi connectivity index (χ2n) is 3.50. The fraction of sp³-hybridized carbons (Fsp3) is 0.300. The quantitative estimate of drug-likeness (QED) is 0.774. The average Bonchev–Trinajstić information content (AvgIpc) is 2.68. The number of carbonyl (C=O) groups is 1. The van der Waals surface area contributed by atoms with Gasteiger partial charge in [-0.05, 0) is 13.0 Å². The van der Waals surface area contributed by atoms with Crippen molar-refractivity contribution in [2.24, 2.45) is 0 Å². The summed E-state index contributed by atoms with van der Waals surface area (Å²) in [6, 6.07) is 1.23. The fourth-order valence-electron chi connectivity index (χ4n) is 1.31. The number of rotatable bonds is 4. The highest BCUT2D eigenvalue weighted by Crippen LogP contribution is 2.01. The molecule has 0 radical (unpaired) electrons. The minimum absolute atomic E-state index is 0.414. The van der Waals surface area contributed by atoms with Crippen LogP contribution in [0.1, 0.15) is 12.6 Å². The van der Waals surface area contributed by atoms with E-state index in [-0.39, 0.29) is 0 Å². The molecule has 84 valence electrons. The maximum Gasteiger partial charge on any atom is 0.320 e. The topological polar surface area (TPSA) is 79.5 Å². The number of imidazole rings is 1. The average molecular weight is 220 g/mol. The molecule has 0 bridgehead atoms. The first-order valence-corrected chi connectivity index (χ1v) is 4.91. The first-order chi connectivity index (χ1) is 7.66. The molecule has 2 aromatic heterocycles. The maximum atomic E-state index is 10.6. The molecule has 0 aliphatic rings. The van der Waals surface area contributed by atoms with Gasteiger partial charge in [-0.1, -0.05) is 0 Å². The van der Waals surface area contributed by atoms with Crippen molar-refractivity contribution in [1.82, 2.24) is 19.7 Å². The molecule has 6 nitrogen and oxygen atoms in total. The minimum Gasteiger partial charge on any atom is -0.480 e. The summed E-state index contributed by atoms with van der Waals surface area (Å²) in [5.74, 6) is -0.260. The van der Waals surface area contributed by atoms with Gasteiger partial charge in [-0.2, -0.15) is 0 Å². The van der Waals surface area contributed by atoms with Crippen molar-refractivity contribution in [2.45, 2.75) is 19.5 Å². The Hall–Kier alpha value is -1.95. The Morgan fingerprint density at radius 1 is 1.69 bits per heavy atom. The Bertz CT molecular complexity index is 475. The molecule has 0 aliphatic carbocycles. The molecule has 2 heterocycles. The lowest BCUT2D eigenvalue weighted by molar-refractivity contribution is -0.139. The maximum absolute atomic E-state index is 10.6. The highest BCUT2D eigenvalue weighted by atomic mass is 16.4. The Morgan fingerprint density at radius 2 is 2.50 bits per heavy atom. The van der Waals surface area contributed by atoms with Crippen molar-refractivity contribution in [3.8, 4) is 0 Å². The molecule has 16 heavy (non-hydrogen) atoms. The van der Waals surface area contributed by atoms with Crippen LogP contribution in [-0.4, -0.2) is 31.5 Å². The van der Waals surface area contributed by atoms with Crippen molar-refractivity contribution < 1.29 is 9.90 Å². The van der Waals surface area contributed by atoms with Gasteiger partial charge < -0.3 is 5.11 Å². The first kappa shape index (κ1) is 10.6. The van der Waals surface area contributed by atoms with Gasteiger partial charge in [0.25, 0.3) is 0 Å². The molecule has 0 saturated carbocycles. The molecule has 0 spiro atoms. The summed E-state index contributed by atoms with van der Waals surface area (Å²) in [5.41, 5.74) is 0.770. The van der Waals surface area contributed by atoms with Gasteiger partial charge in [0, 0.05) is 25.1 Å². The summed E-state index contributed by atoms with van der Waals surface area (Å²) in [5, 5.41) is 11.6. The normalized spacial score (nSPS) is 12.8. The second-order valence-corrected chi connectivity index (χ2v) is 3.50. The lowest BCUT2D eigenvalue weighted by Crippen LogP contribution is -2.33. The molecule has 2 N–H and O–H groups in total.